The number of para-hydroxylation sites is 1. The van der Waals surface area contributed by atoms with Gasteiger partial charge in [-0.25, -0.2) is 18.2 Å². The Morgan fingerprint density at radius 3 is 2.45 bits per heavy atom. The maximum absolute atomic E-state index is 15.0. The van der Waals surface area contributed by atoms with Gasteiger partial charge in [0.1, 0.15) is 41.7 Å². The summed E-state index contributed by atoms with van der Waals surface area (Å²) in [7, 11) is -2.27. The molecule has 17 heteroatoms. The number of fused-ring (bicyclic) bond motifs is 7. The second-order valence-electron chi connectivity index (χ2n) is 21.4. The summed E-state index contributed by atoms with van der Waals surface area (Å²) in [4.78, 5) is 66.2. The summed E-state index contributed by atoms with van der Waals surface area (Å²) < 4.78 is 53.1. The van der Waals surface area contributed by atoms with E-state index in [0.29, 0.717) is 49.3 Å². The number of benzene rings is 1. The van der Waals surface area contributed by atoms with Crippen molar-refractivity contribution in [3.05, 3.63) is 42.5 Å². The van der Waals surface area contributed by atoms with Gasteiger partial charge in [-0.2, -0.15) is 0 Å². The molecule has 5 heterocycles. The minimum Gasteiger partial charge on any atom is -0.489 e. The van der Waals surface area contributed by atoms with Crippen molar-refractivity contribution in [3.8, 4) is 11.6 Å². The van der Waals surface area contributed by atoms with Crippen LogP contribution >= 0.6 is 0 Å². The molecule has 1 aromatic carbocycles. The summed E-state index contributed by atoms with van der Waals surface area (Å²) in [5.41, 5.74) is -0.828. The number of nitrogens with one attached hydrogen (secondary N) is 3. The van der Waals surface area contributed by atoms with Gasteiger partial charge in [0, 0.05) is 43.5 Å². The Hall–Kier alpha value is -4.48. The number of nitrogens with zero attached hydrogens (tertiary/aromatic N) is 3. The molecule has 1 aromatic heterocycles. The highest BCUT2D eigenvalue weighted by Gasteiger charge is 2.63. The van der Waals surface area contributed by atoms with Crippen LogP contribution in [0.2, 0.25) is 0 Å². The topological polar surface area (TPSA) is 195 Å². The van der Waals surface area contributed by atoms with Gasteiger partial charge in [-0.05, 0) is 101 Å². The van der Waals surface area contributed by atoms with Gasteiger partial charge in [0.15, 0.2) is 0 Å². The highest BCUT2D eigenvalue weighted by Crippen LogP contribution is 2.48. The number of aromatic nitrogens is 1. The Morgan fingerprint density at radius 2 is 1.77 bits per heavy atom. The number of piperidine rings is 1. The van der Waals surface area contributed by atoms with Gasteiger partial charge in [0.25, 0.3) is 5.91 Å². The van der Waals surface area contributed by atoms with Crippen LogP contribution in [0.15, 0.2) is 36.9 Å². The van der Waals surface area contributed by atoms with E-state index in [2.05, 4.69) is 26.8 Å². The van der Waals surface area contributed by atoms with Crippen molar-refractivity contribution in [2.75, 3.05) is 26.8 Å². The SMILES string of the molecule is C=C[C@@H]1C[C@]1(NC(=O)[C@@H]1C[C@@H]2CN1C(=O)[C@H](C(C)(C)C)NC(=O)O[C@@H]1C[C@H]1CCCCCc1c(nc3ccccc3c1OC1CC3CCC(C1)N3CCOC)O2)C(=O)NS(=O)(=O)C1(C)CC1. The number of alkyl carbamates (subject to hydrolysis) is 1. The molecule has 16 nitrogen and oxygen atoms in total. The number of carbonyl (C=O) groups excluding carboxylic acids is 4. The lowest BCUT2D eigenvalue weighted by Crippen LogP contribution is -2.60. The Bertz CT molecular complexity index is 2340. The molecule has 2 unspecified atom stereocenters. The number of hydrogen-bond acceptors (Lipinski definition) is 12. The van der Waals surface area contributed by atoms with Gasteiger partial charge in [0.05, 0.1) is 29.0 Å². The summed E-state index contributed by atoms with van der Waals surface area (Å²) in [6.07, 6.45) is 9.96. The molecule has 0 spiro atoms. The molecule has 66 heavy (non-hydrogen) atoms. The molecular weight excluding hydrogens is 865 g/mol. The van der Waals surface area contributed by atoms with Crippen LogP contribution in [-0.4, -0.2) is 127 Å². The smallest absolute Gasteiger partial charge is 0.408 e. The molecular formula is C49H68N6O10S. The summed E-state index contributed by atoms with van der Waals surface area (Å²) in [5.74, 6) is -1.14. The average Bonchev–Trinajstić information content (AvgIpc) is 4.23. The molecule has 9 rings (SSSR count). The van der Waals surface area contributed by atoms with E-state index in [1.165, 1.54) is 11.0 Å². The zero-order chi connectivity index (χ0) is 46.8. The fourth-order valence-electron chi connectivity index (χ4n) is 11.0. The Morgan fingerprint density at radius 1 is 1.03 bits per heavy atom. The summed E-state index contributed by atoms with van der Waals surface area (Å²) in [6.45, 7) is 12.5. The molecule has 9 atom stereocenters. The first-order chi connectivity index (χ1) is 31.4. The number of hydrogen-bond donors (Lipinski definition) is 3. The zero-order valence-corrected chi connectivity index (χ0v) is 40.0. The summed E-state index contributed by atoms with van der Waals surface area (Å²) in [6, 6.07) is 6.50. The first-order valence-corrected chi connectivity index (χ1v) is 25.7. The van der Waals surface area contributed by atoms with Crippen LogP contribution in [0.1, 0.15) is 117 Å². The molecule has 3 N–H and O–H groups in total. The molecule has 4 bridgehead atoms. The molecule has 2 aromatic rings. The third-order valence-electron chi connectivity index (χ3n) is 15.6. The van der Waals surface area contributed by atoms with Crippen LogP contribution in [0.4, 0.5) is 4.79 Å². The van der Waals surface area contributed by atoms with Gasteiger partial charge < -0.3 is 34.5 Å². The number of carbonyl (C=O) groups is 4. The van der Waals surface area contributed by atoms with Gasteiger partial charge in [-0.15, -0.1) is 6.58 Å². The Kier molecular flexibility index (Phi) is 12.6. The van der Waals surface area contributed by atoms with Crippen LogP contribution in [0, 0.1) is 17.3 Å². The maximum Gasteiger partial charge on any atom is 0.408 e. The molecule has 360 valence electrons. The van der Waals surface area contributed by atoms with E-state index in [0.717, 1.165) is 81.0 Å². The number of pyridine rings is 1. The van der Waals surface area contributed by atoms with Crippen LogP contribution in [0.3, 0.4) is 0 Å². The van der Waals surface area contributed by atoms with Crippen molar-refractivity contribution >= 4 is 44.7 Å². The van der Waals surface area contributed by atoms with Crippen molar-refractivity contribution in [3.63, 3.8) is 0 Å². The predicted molar refractivity (Wildman–Crippen MR) is 246 cm³/mol. The van der Waals surface area contributed by atoms with E-state index in [-0.39, 0.29) is 37.5 Å². The van der Waals surface area contributed by atoms with Gasteiger partial charge in [-0.1, -0.05) is 51.8 Å². The summed E-state index contributed by atoms with van der Waals surface area (Å²) in [5, 5.41) is 6.64. The fourth-order valence-corrected chi connectivity index (χ4v) is 12.3. The lowest BCUT2D eigenvalue weighted by molar-refractivity contribution is -0.142. The lowest BCUT2D eigenvalue weighted by Gasteiger charge is -2.39. The number of amides is 4. The molecule has 4 amide bonds. The first kappa shape index (κ1) is 46.6. The monoisotopic (exact) mass is 932 g/mol. The van der Waals surface area contributed by atoms with Crippen molar-refractivity contribution < 1.29 is 46.5 Å². The first-order valence-electron chi connectivity index (χ1n) is 24.2. The molecule has 0 radical (unpaired) electrons. The standard InChI is InChI=1S/C49H68N6O10S/c1-7-30-27-49(30,45(58)53-66(60,61)48(5)19-20-48)52-42(56)38-26-34-28-55(38)44(57)41(47(2,3)4)51-46(59)65-39-23-29(39)13-9-8-10-15-36-40(35-14-11-12-16-37(35)50-43(36)64-34)63-33-24-31-17-18-32(25-33)54(31)21-22-62-6/h7,11-12,14,16,29-34,38-39,41H,1,8-10,13,15,17-28H2,2-6H3,(H,51,59)(H,52,56)(H,53,58)/t29-,30-,31?,32?,33?,34-,38+,39-,41-,49-/m1/s1. The second kappa shape index (κ2) is 17.9. The van der Waals surface area contributed by atoms with E-state index in [9.17, 15) is 27.6 Å². The van der Waals surface area contributed by atoms with Crippen LogP contribution in [0.25, 0.3) is 10.9 Å². The maximum atomic E-state index is 15.0. The van der Waals surface area contributed by atoms with E-state index in [1.807, 2.05) is 45.0 Å². The zero-order valence-electron chi connectivity index (χ0n) is 39.1. The molecule has 3 saturated carbocycles. The highest BCUT2D eigenvalue weighted by molar-refractivity contribution is 7.91. The van der Waals surface area contributed by atoms with E-state index < -0.39 is 73.6 Å². The minimum atomic E-state index is -4.02. The van der Waals surface area contributed by atoms with Gasteiger partial charge in [-0.3, -0.25) is 24.0 Å². The quantitative estimate of drug-likeness (QED) is 0.246. The van der Waals surface area contributed by atoms with Gasteiger partial charge in [0.2, 0.25) is 27.7 Å². The van der Waals surface area contributed by atoms with Crippen LogP contribution < -0.4 is 24.8 Å². The van der Waals surface area contributed by atoms with E-state index >= 15 is 0 Å². The second-order valence-corrected chi connectivity index (χ2v) is 23.6. The van der Waals surface area contributed by atoms with Crippen LogP contribution in [-0.2, 0) is 40.3 Å². The molecule has 7 aliphatic rings. The third-order valence-corrected chi connectivity index (χ3v) is 17.7. The van der Waals surface area contributed by atoms with E-state index in [1.54, 1.807) is 14.0 Å². The average molecular weight is 933 g/mol. The highest BCUT2D eigenvalue weighted by atomic mass is 32.2. The van der Waals surface area contributed by atoms with Crippen molar-refractivity contribution in [1.82, 2.24) is 30.1 Å². The molecule has 3 saturated heterocycles. The number of sulfonamides is 1. The molecule has 3 aliphatic carbocycles. The van der Waals surface area contributed by atoms with Crippen molar-refractivity contribution in [1.29, 1.82) is 0 Å². The van der Waals surface area contributed by atoms with Crippen LogP contribution in [0.5, 0.6) is 11.6 Å². The normalized spacial score (nSPS) is 33.2. The Balaban J connectivity index is 1.05. The Labute approximate surface area is 388 Å². The number of rotatable bonds is 11. The summed E-state index contributed by atoms with van der Waals surface area (Å²) >= 11 is 0. The molecule has 4 aliphatic heterocycles. The third kappa shape index (κ3) is 9.24. The number of methoxy groups -OCH3 is 1. The number of ether oxygens (including phenoxy) is 4. The molecule has 6 fully saturated rings. The van der Waals surface area contributed by atoms with Crippen molar-refractivity contribution in [2.24, 2.45) is 17.3 Å². The fraction of sp³-hybridized carbons (Fsp3) is 0.694. The predicted octanol–water partition coefficient (Wildman–Crippen LogP) is 5.31. The minimum absolute atomic E-state index is 0.0123. The largest absolute Gasteiger partial charge is 0.489 e. The van der Waals surface area contributed by atoms with Crippen molar-refractivity contribution in [2.45, 2.75) is 170 Å². The lowest BCUT2D eigenvalue weighted by atomic mass is 9.85. The van der Waals surface area contributed by atoms with Gasteiger partial charge >= 0.3 is 6.09 Å². The van der Waals surface area contributed by atoms with E-state index in [4.69, 9.17) is 23.9 Å².